The number of methoxy groups -OCH3 is 1. The van der Waals surface area contributed by atoms with Crippen molar-refractivity contribution in [3.8, 4) is 28.7 Å². The average Bonchev–Trinajstić information content (AvgIpc) is 3.51. The van der Waals surface area contributed by atoms with Crippen molar-refractivity contribution in [3.05, 3.63) is 71.8 Å². The summed E-state index contributed by atoms with van der Waals surface area (Å²) in [6.45, 7) is 0.366. The van der Waals surface area contributed by atoms with E-state index in [0.29, 0.717) is 34.9 Å². The number of carbonyl (C=O) groups is 1. The highest BCUT2D eigenvalue weighted by Crippen LogP contribution is 2.30. The molecule has 33 heavy (non-hydrogen) atoms. The van der Waals surface area contributed by atoms with Gasteiger partial charge in [-0.25, -0.2) is 0 Å². The zero-order valence-electron chi connectivity index (χ0n) is 17.6. The van der Waals surface area contributed by atoms with E-state index in [1.165, 1.54) is 0 Å². The number of aromatic amines is 1. The fourth-order valence-electron chi connectivity index (χ4n) is 2.94. The fourth-order valence-corrected chi connectivity index (χ4v) is 3.45. The third-order valence-electron chi connectivity index (χ3n) is 4.48. The van der Waals surface area contributed by atoms with Crippen molar-refractivity contribution in [2.45, 2.75) is 11.8 Å². The van der Waals surface area contributed by atoms with Crippen molar-refractivity contribution in [1.29, 1.82) is 0 Å². The van der Waals surface area contributed by atoms with Crippen molar-refractivity contribution in [1.82, 2.24) is 15.2 Å². The van der Waals surface area contributed by atoms with Gasteiger partial charge in [0, 0.05) is 11.1 Å². The number of ether oxygens (including phenoxy) is 1. The van der Waals surface area contributed by atoms with Crippen LogP contribution in [0.3, 0.4) is 0 Å². The molecule has 10 heteroatoms. The van der Waals surface area contributed by atoms with Gasteiger partial charge in [0.1, 0.15) is 18.1 Å². The Hall–Kier alpha value is -4.05. The number of carboxylic acid groups (broad SMARTS) is 1. The van der Waals surface area contributed by atoms with Gasteiger partial charge in [-0.1, -0.05) is 47.2 Å². The number of hydrogen-bond acceptors (Lipinski definition) is 8. The maximum atomic E-state index is 10.7. The molecule has 0 unspecified atom stereocenters. The summed E-state index contributed by atoms with van der Waals surface area (Å²) in [5.74, 6) is 1.11. The lowest BCUT2D eigenvalue weighted by Crippen LogP contribution is -1.97. The number of furan rings is 1. The van der Waals surface area contributed by atoms with E-state index in [1.807, 2.05) is 54.6 Å². The Labute approximate surface area is 193 Å². The number of oxime groups is 1. The first-order valence-electron chi connectivity index (χ1n) is 9.87. The number of rotatable bonds is 10. The van der Waals surface area contributed by atoms with E-state index in [9.17, 15) is 4.79 Å². The maximum absolute atomic E-state index is 10.7. The predicted molar refractivity (Wildman–Crippen MR) is 123 cm³/mol. The van der Waals surface area contributed by atoms with Crippen molar-refractivity contribution >= 4 is 23.9 Å². The Bertz CT molecular complexity index is 1250. The molecule has 0 aliphatic rings. The lowest BCUT2D eigenvalue weighted by molar-refractivity contribution is -0.133. The van der Waals surface area contributed by atoms with Crippen LogP contribution < -0.4 is 4.74 Å². The SMILES string of the molecule is COc1ccc(-c2ccc(-c3nc(SCC(=O)O)n[nH]3)o2)cc1C=NOCc1ccccc1. The molecule has 4 rings (SSSR count). The fraction of sp³-hybridized carbons (Fsp3) is 0.130. The number of carboxylic acids is 1. The molecule has 0 saturated heterocycles. The molecule has 0 fully saturated rings. The molecule has 0 spiro atoms. The van der Waals surface area contributed by atoms with Crippen LogP contribution in [-0.2, 0) is 16.2 Å². The van der Waals surface area contributed by atoms with E-state index in [-0.39, 0.29) is 5.75 Å². The third-order valence-corrected chi connectivity index (χ3v) is 5.32. The summed E-state index contributed by atoms with van der Waals surface area (Å²) in [5.41, 5.74) is 2.56. The number of aromatic nitrogens is 3. The molecular weight excluding hydrogens is 444 g/mol. The minimum absolute atomic E-state index is 0.119. The number of thioether (sulfide) groups is 1. The summed E-state index contributed by atoms with van der Waals surface area (Å²) in [5, 5.41) is 19.9. The molecule has 168 valence electrons. The van der Waals surface area contributed by atoms with Crippen molar-refractivity contribution in [3.63, 3.8) is 0 Å². The molecule has 9 nitrogen and oxygen atoms in total. The summed E-state index contributed by atoms with van der Waals surface area (Å²) in [7, 11) is 1.59. The van der Waals surface area contributed by atoms with Gasteiger partial charge in [-0.15, -0.1) is 5.10 Å². The number of nitrogens with zero attached hydrogens (tertiary/aromatic N) is 3. The topological polar surface area (TPSA) is 123 Å². The first-order valence-corrected chi connectivity index (χ1v) is 10.9. The van der Waals surface area contributed by atoms with Crippen LogP contribution in [0.25, 0.3) is 22.9 Å². The molecule has 0 aliphatic carbocycles. The van der Waals surface area contributed by atoms with Crippen LogP contribution in [0.2, 0.25) is 0 Å². The standard InChI is InChI=1S/C23H20N4O5S/c1-30-18-8-7-16(11-17(18)12-24-31-13-15-5-3-2-4-6-15)19-9-10-20(32-19)22-25-23(27-26-22)33-14-21(28)29/h2-12H,13-14H2,1H3,(H,28,29)(H,25,26,27). The van der Waals surface area contributed by atoms with Gasteiger partial charge in [0.2, 0.25) is 5.16 Å². The molecule has 2 heterocycles. The average molecular weight is 465 g/mol. The number of H-pyrrole nitrogens is 1. The maximum Gasteiger partial charge on any atom is 0.313 e. The van der Waals surface area contributed by atoms with E-state index >= 15 is 0 Å². The Kier molecular flexibility index (Phi) is 7.06. The van der Waals surface area contributed by atoms with Gasteiger partial charge < -0.3 is 19.1 Å². The van der Waals surface area contributed by atoms with Gasteiger partial charge in [-0.2, -0.15) is 4.98 Å². The van der Waals surface area contributed by atoms with Crippen LogP contribution in [0.1, 0.15) is 11.1 Å². The minimum atomic E-state index is -0.934. The molecule has 0 saturated carbocycles. The van der Waals surface area contributed by atoms with Crippen molar-refractivity contribution < 1.29 is 23.9 Å². The Morgan fingerprint density at radius 2 is 2.00 bits per heavy atom. The largest absolute Gasteiger partial charge is 0.496 e. The first-order chi connectivity index (χ1) is 16.1. The molecule has 0 aliphatic heterocycles. The second kappa shape index (κ2) is 10.5. The first kappa shape index (κ1) is 22.2. The van der Waals surface area contributed by atoms with Crippen LogP contribution in [0, 0.1) is 0 Å². The van der Waals surface area contributed by atoms with Crippen LogP contribution >= 0.6 is 11.8 Å². The molecule has 0 radical (unpaired) electrons. The Morgan fingerprint density at radius 1 is 1.18 bits per heavy atom. The van der Waals surface area contributed by atoms with Gasteiger partial charge in [0.05, 0.1) is 19.1 Å². The molecule has 2 N–H and O–H groups in total. The van der Waals surface area contributed by atoms with E-state index < -0.39 is 5.97 Å². The van der Waals surface area contributed by atoms with Gasteiger partial charge in [0.15, 0.2) is 11.6 Å². The predicted octanol–water partition coefficient (Wildman–Crippen LogP) is 4.47. The van der Waals surface area contributed by atoms with Gasteiger partial charge in [-0.05, 0) is 35.9 Å². The second-order valence-electron chi connectivity index (χ2n) is 6.76. The van der Waals surface area contributed by atoms with Crippen LogP contribution in [-0.4, -0.2) is 45.3 Å². The monoisotopic (exact) mass is 464 g/mol. The van der Waals surface area contributed by atoms with Crippen molar-refractivity contribution in [2.24, 2.45) is 5.16 Å². The Balaban J connectivity index is 1.47. The number of aliphatic carboxylic acids is 1. The molecule has 4 aromatic rings. The second-order valence-corrected chi connectivity index (χ2v) is 7.71. The van der Waals surface area contributed by atoms with Gasteiger partial charge in [-0.3, -0.25) is 9.89 Å². The summed E-state index contributed by atoms with van der Waals surface area (Å²) in [6.07, 6.45) is 1.59. The Morgan fingerprint density at radius 3 is 2.79 bits per heavy atom. The summed E-state index contributed by atoms with van der Waals surface area (Å²) >= 11 is 1.03. The van der Waals surface area contributed by atoms with E-state index in [0.717, 1.165) is 28.5 Å². The van der Waals surface area contributed by atoms with E-state index in [4.69, 9.17) is 19.1 Å². The quantitative estimate of drug-likeness (QED) is 0.200. The third kappa shape index (κ3) is 5.80. The smallest absolute Gasteiger partial charge is 0.313 e. The molecule has 2 aromatic carbocycles. The van der Waals surface area contributed by atoms with Crippen LogP contribution in [0.5, 0.6) is 5.75 Å². The van der Waals surface area contributed by atoms with Crippen molar-refractivity contribution in [2.75, 3.05) is 12.9 Å². The normalized spacial score (nSPS) is 11.1. The number of benzene rings is 2. The van der Waals surface area contributed by atoms with Crippen LogP contribution in [0.4, 0.5) is 0 Å². The van der Waals surface area contributed by atoms with E-state index in [2.05, 4.69) is 20.3 Å². The highest BCUT2D eigenvalue weighted by molar-refractivity contribution is 7.99. The van der Waals surface area contributed by atoms with Gasteiger partial charge in [0.25, 0.3) is 0 Å². The molecule has 2 aromatic heterocycles. The highest BCUT2D eigenvalue weighted by atomic mass is 32.2. The molecule has 0 bridgehead atoms. The molecular formula is C23H20N4O5S. The number of nitrogens with one attached hydrogen (secondary N) is 1. The number of hydrogen-bond donors (Lipinski definition) is 2. The minimum Gasteiger partial charge on any atom is -0.496 e. The lowest BCUT2D eigenvalue weighted by Gasteiger charge is -2.06. The summed E-state index contributed by atoms with van der Waals surface area (Å²) in [6, 6.07) is 18.9. The lowest BCUT2D eigenvalue weighted by atomic mass is 10.1. The molecule has 0 amide bonds. The summed E-state index contributed by atoms with van der Waals surface area (Å²) in [4.78, 5) is 20.4. The molecule has 0 atom stereocenters. The van der Waals surface area contributed by atoms with E-state index in [1.54, 1.807) is 19.4 Å². The van der Waals surface area contributed by atoms with Gasteiger partial charge >= 0.3 is 5.97 Å². The zero-order valence-corrected chi connectivity index (χ0v) is 18.4. The van der Waals surface area contributed by atoms with Crippen LogP contribution in [0.15, 0.2) is 75.4 Å². The highest BCUT2D eigenvalue weighted by Gasteiger charge is 2.13. The zero-order chi connectivity index (χ0) is 23.0. The summed E-state index contributed by atoms with van der Waals surface area (Å²) < 4.78 is 11.4.